The summed E-state index contributed by atoms with van der Waals surface area (Å²) in [5.41, 5.74) is 14.5. The van der Waals surface area contributed by atoms with Crippen molar-refractivity contribution in [1.29, 1.82) is 0 Å². The second-order valence-corrected chi connectivity index (χ2v) is 4.71. The van der Waals surface area contributed by atoms with Crippen LogP contribution in [-0.2, 0) is 0 Å². The van der Waals surface area contributed by atoms with Crippen molar-refractivity contribution in [2.45, 2.75) is 0 Å². The second-order valence-electron chi connectivity index (χ2n) is 4.71. The molecular weight excluding hydrogens is 252 g/mol. The number of nitrogens with two attached hydrogens (primary N) is 2. The smallest absolute Gasteiger partial charge is 0.250 e. The molecule has 0 aromatic heterocycles. The maximum absolute atomic E-state index is 11.5. The third-order valence-electron chi connectivity index (χ3n) is 2.96. The molecule has 0 fully saturated rings. The Morgan fingerprint density at radius 3 is 2.45 bits per heavy atom. The van der Waals surface area contributed by atoms with Gasteiger partial charge in [-0.25, -0.2) is 0 Å². The second kappa shape index (κ2) is 5.52. The van der Waals surface area contributed by atoms with Crippen LogP contribution in [0.5, 0.6) is 0 Å². The Kier molecular flexibility index (Phi) is 3.79. The largest absolute Gasteiger partial charge is 0.399 e. The first kappa shape index (κ1) is 13.7. The van der Waals surface area contributed by atoms with Crippen molar-refractivity contribution in [2.24, 2.45) is 5.73 Å². The van der Waals surface area contributed by atoms with Crippen molar-refractivity contribution in [3.8, 4) is 0 Å². The summed E-state index contributed by atoms with van der Waals surface area (Å²) in [4.78, 5) is 13.5. The van der Waals surface area contributed by atoms with Gasteiger partial charge in [-0.05, 0) is 30.3 Å². The normalized spacial score (nSPS) is 10.1. The van der Waals surface area contributed by atoms with Gasteiger partial charge in [-0.1, -0.05) is 12.1 Å². The highest BCUT2D eigenvalue weighted by atomic mass is 16.1. The Hall–Kier alpha value is -2.69. The minimum atomic E-state index is -0.512. The zero-order chi connectivity index (χ0) is 14.7. The average Bonchev–Trinajstić information content (AvgIpc) is 2.41. The Morgan fingerprint density at radius 2 is 1.80 bits per heavy atom. The Morgan fingerprint density at radius 1 is 1.10 bits per heavy atom. The number of nitrogens with zero attached hydrogens (tertiary/aromatic N) is 1. The van der Waals surface area contributed by atoms with E-state index in [1.54, 1.807) is 18.2 Å². The SMILES string of the molecule is CN(C)c1ccccc1Nc1ccc(N)cc1C(N)=O. The van der Waals surface area contributed by atoms with E-state index in [9.17, 15) is 4.79 Å². The van der Waals surface area contributed by atoms with Crippen LogP contribution in [0.4, 0.5) is 22.7 Å². The van der Waals surface area contributed by atoms with Gasteiger partial charge in [0.15, 0.2) is 0 Å². The standard InChI is InChI=1S/C15H18N4O/c1-19(2)14-6-4-3-5-13(14)18-12-8-7-10(16)9-11(12)15(17)20/h3-9,18H,16H2,1-2H3,(H2,17,20). The number of carbonyl (C=O) groups excluding carboxylic acids is 1. The summed E-state index contributed by atoms with van der Waals surface area (Å²) in [6.45, 7) is 0. The van der Waals surface area contributed by atoms with Crippen LogP contribution >= 0.6 is 0 Å². The van der Waals surface area contributed by atoms with Gasteiger partial charge in [0.2, 0.25) is 0 Å². The van der Waals surface area contributed by atoms with Crippen molar-refractivity contribution in [3.63, 3.8) is 0 Å². The number of rotatable bonds is 4. The maximum atomic E-state index is 11.5. The van der Waals surface area contributed by atoms with Gasteiger partial charge < -0.3 is 21.7 Å². The van der Waals surface area contributed by atoms with E-state index in [0.717, 1.165) is 11.4 Å². The maximum Gasteiger partial charge on any atom is 0.250 e. The highest BCUT2D eigenvalue weighted by Gasteiger charge is 2.11. The third-order valence-corrected chi connectivity index (χ3v) is 2.96. The fourth-order valence-electron chi connectivity index (χ4n) is 1.99. The highest BCUT2D eigenvalue weighted by Crippen LogP contribution is 2.29. The van der Waals surface area contributed by atoms with Crippen LogP contribution in [0.2, 0.25) is 0 Å². The van der Waals surface area contributed by atoms with Gasteiger partial charge in [0.1, 0.15) is 0 Å². The molecular formula is C15H18N4O. The molecule has 0 aliphatic rings. The van der Waals surface area contributed by atoms with Crippen LogP contribution in [0.15, 0.2) is 42.5 Å². The van der Waals surface area contributed by atoms with E-state index in [0.29, 0.717) is 16.9 Å². The van der Waals surface area contributed by atoms with Crippen molar-refractivity contribution in [1.82, 2.24) is 0 Å². The van der Waals surface area contributed by atoms with Crippen LogP contribution in [0.1, 0.15) is 10.4 Å². The number of hydrogen-bond donors (Lipinski definition) is 3. The number of primary amides is 1. The summed E-state index contributed by atoms with van der Waals surface area (Å²) in [5, 5.41) is 3.23. The number of nitrogen functional groups attached to an aromatic ring is 1. The lowest BCUT2D eigenvalue weighted by molar-refractivity contribution is 0.100. The van der Waals surface area contributed by atoms with Gasteiger partial charge in [-0.15, -0.1) is 0 Å². The molecule has 0 saturated carbocycles. The molecule has 5 heteroatoms. The number of benzene rings is 2. The number of hydrogen-bond acceptors (Lipinski definition) is 4. The lowest BCUT2D eigenvalue weighted by atomic mass is 10.1. The van der Waals surface area contributed by atoms with Crippen molar-refractivity contribution >= 4 is 28.7 Å². The van der Waals surface area contributed by atoms with E-state index in [-0.39, 0.29) is 0 Å². The molecule has 5 nitrogen and oxygen atoms in total. The first-order valence-electron chi connectivity index (χ1n) is 6.21. The van der Waals surface area contributed by atoms with E-state index in [2.05, 4.69) is 5.32 Å². The van der Waals surface area contributed by atoms with Crippen LogP contribution in [-0.4, -0.2) is 20.0 Å². The van der Waals surface area contributed by atoms with Crippen molar-refractivity contribution < 1.29 is 4.79 Å². The Labute approximate surface area is 118 Å². The zero-order valence-electron chi connectivity index (χ0n) is 11.6. The number of para-hydroxylation sites is 2. The number of amides is 1. The van der Waals surface area contributed by atoms with Crippen LogP contribution in [0.3, 0.4) is 0 Å². The molecule has 1 amide bonds. The van der Waals surface area contributed by atoms with Crippen LogP contribution in [0, 0.1) is 0 Å². The van der Waals surface area contributed by atoms with Crippen LogP contribution in [0.25, 0.3) is 0 Å². The molecule has 2 aromatic carbocycles. The van der Waals surface area contributed by atoms with E-state index < -0.39 is 5.91 Å². The minimum absolute atomic E-state index is 0.374. The summed E-state index contributed by atoms with van der Waals surface area (Å²) in [5.74, 6) is -0.512. The van der Waals surface area contributed by atoms with E-state index in [1.807, 2.05) is 43.3 Å². The van der Waals surface area contributed by atoms with E-state index in [4.69, 9.17) is 11.5 Å². The molecule has 0 atom stereocenters. The average molecular weight is 270 g/mol. The topological polar surface area (TPSA) is 84.4 Å². The minimum Gasteiger partial charge on any atom is -0.399 e. The molecule has 0 aliphatic heterocycles. The summed E-state index contributed by atoms with van der Waals surface area (Å²) in [7, 11) is 3.91. The summed E-state index contributed by atoms with van der Waals surface area (Å²) < 4.78 is 0. The molecule has 20 heavy (non-hydrogen) atoms. The van der Waals surface area contributed by atoms with Crippen LogP contribution < -0.4 is 21.7 Å². The molecule has 0 radical (unpaired) electrons. The van der Waals surface area contributed by atoms with Gasteiger partial charge in [-0.3, -0.25) is 4.79 Å². The first-order chi connectivity index (χ1) is 9.49. The predicted molar refractivity (Wildman–Crippen MR) is 83.4 cm³/mol. The van der Waals surface area contributed by atoms with Gasteiger partial charge in [0, 0.05) is 19.8 Å². The van der Waals surface area contributed by atoms with E-state index >= 15 is 0 Å². The number of anilines is 4. The molecule has 0 unspecified atom stereocenters. The summed E-state index contributed by atoms with van der Waals surface area (Å²) >= 11 is 0. The fourth-order valence-corrected chi connectivity index (χ4v) is 1.99. The van der Waals surface area contributed by atoms with Gasteiger partial charge in [0.25, 0.3) is 5.91 Å². The Balaban J connectivity index is 2.43. The molecule has 104 valence electrons. The molecule has 0 aliphatic carbocycles. The van der Waals surface area contributed by atoms with E-state index in [1.165, 1.54) is 0 Å². The molecule has 0 bridgehead atoms. The molecule has 2 aromatic rings. The summed E-state index contributed by atoms with van der Waals surface area (Å²) in [6.07, 6.45) is 0. The number of carbonyl (C=O) groups is 1. The summed E-state index contributed by atoms with van der Waals surface area (Å²) in [6, 6.07) is 12.9. The molecule has 0 spiro atoms. The van der Waals surface area contributed by atoms with Crippen molar-refractivity contribution in [3.05, 3.63) is 48.0 Å². The fraction of sp³-hybridized carbons (Fsp3) is 0.133. The third kappa shape index (κ3) is 2.83. The molecule has 0 saturated heterocycles. The monoisotopic (exact) mass is 270 g/mol. The highest BCUT2D eigenvalue weighted by molar-refractivity contribution is 6.00. The predicted octanol–water partition coefficient (Wildman–Crippen LogP) is 2.18. The Bertz CT molecular complexity index is 638. The lowest BCUT2D eigenvalue weighted by Gasteiger charge is -2.19. The molecule has 0 heterocycles. The zero-order valence-corrected chi connectivity index (χ0v) is 11.6. The number of nitrogens with one attached hydrogen (secondary N) is 1. The van der Waals surface area contributed by atoms with Gasteiger partial charge in [0.05, 0.1) is 22.6 Å². The molecule has 5 N–H and O–H groups in total. The lowest BCUT2D eigenvalue weighted by Crippen LogP contribution is -2.15. The van der Waals surface area contributed by atoms with Gasteiger partial charge in [-0.2, -0.15) is 0 Å². The van der Waals surface area contributed by atoms with Crippen molar-refractivity contribution in [2.75, 3.05) is 30.0 Å². The first-order valence-corrected chi connectivity index (χ1v) is 6.21. The van der Waals surface area contributed by atoms with Gasteiger partial charge >= 0.3 is 0 Å². The quantitative estimate of drug-likeness (QED) is 0.743. The molecule has 2 rings (SSSR count).